The molecule has 1 heterocycles. The van der Waals surface area contributed by atoms with E-state index < -0.39 is 5.60 Å². The van der Waals surface area contributed by atoms with Crippen molar-refractivity contribution >= 4 is 27.7 Å². The minimum absolute atomic E-state index is 0.0337. The van der Waals surface area contributed by atoms with Gasteiger partial charge in [-0.05, 0) is 57.9 Å². The molecular weight excluding hydrogens is 320 g/mol. The maximum Gasteiger partial charge on any atom is 0.408 e. The van der Waals surface area contributed by atoms with E-state index in [4.69, 9.17) is 4.74 Å². The Morgan fingerprint density at radius 2 is 2.15 bits per heavy atom. The van der Waals surface area contributed by atoms with Crippen molar-refractivity contribution in [1.82, 2.24) is 5.32 Å². The number of rotatable bonds is 1. The lowest BCUT2D eigenvalue weighted by Crippen LogP contribution is -2.39. The van der Waals surface area contributed by atoms with Crippen LogP contribution < -0.4 is 10.6 Å². The van der Waals surface area contributed by atoms with Crippen LogP contribution in [0.1, 0.15) is 45.7 Å². The number of ether oxygens (including phenoxy) is 1. The van der Waals surface area contributed by atoms with Crippen LogP contribution in [0.5, 0.6) is 0 Å². The van der Waals surface area contributed by atoms with Gasteiger partial charge in [0, 0.05) is 16.2 Å². The quantitative estimate of drug-likeness (QED) is 0.804. The van der Waals surface area contributed by atoms with Crippen LogP contribution in [0.15, 0.2) is 22.7 Å². The van der Waals surface area contributed by atoms with Crippen LogP contribution in [0.4, 0.5) is 10.5 Å². The minimum Gasteiger partial charge on any atom is -0.444 e. The second-order valence-electron chi connectivity index (χ2n) is 6.21. The van der Waals surface area contributed by atoms with Gasteiger partial charge in [-0.15, -0.1) is 0 Å². The Bertz CT molecular complexity index is 511. The molecule has 1 aromatic carbocycles. The van der Waals surface area contributed by atoms with Gasteiger partial charge in [-0.1, -0.05) is 15.9 Å². The van der Waals surface area contributed by atoms with E-state index in [-0.39, 0.29) is 12.1 Å². The predicted molar refractivity (Wildman–Crippen MR) is 84.0 cm³/mol. The first-order valence-corrected chi connectivity index (χ1v) is 7.59. The first kappa shape index (κ1) is 15.2. The van der Waals surface area contributed by atoms with E-state index in [9.17, 15) is 4.79 Å². The molecule has 20 heavy (non-hydrogen) atoms. The molecule has 2 rings (SSSR count). The number of anilines is 1. The summed E-state index contributed by atoms with van der Waals surface area (Å²) in [6.07, 6.45) is 0.463. The molecule has 0 bridgehead atoms. The Hall–Kier alpha value is -1.23. The van der Waals surface area contributed by atoms with Gasteiger partial charge in [0.1, 0.15) is 5.60 Å². The van der Waals surface area contributed by atoms with E-state index in [1.807, 2.05) is 39.0 Å². The zero-order valence-corrected chi connectivity index (χ0v) is 13.9. The molecule has 0 saturated heterocycles. The first-order valence-electron chi connectivity index (χ1n) is 6.80. The van der Waals surface area contributed by atoms with Crippen molar-refractivity contribution in [3.05, 3.63) is 28.2 Å². The SMILES string of the molecule is C[C@H]1C[C@@H](NC(=O)OC(C)(C)C)c2cc(Br)ccc2N1. The summed E-state index contributed by atoms with van der Waals surface area (Å²) in [6, 6.07) is 6.33. The predicted octanol–water partition coefficient (Wildman–Crippen LogP) is 4.22. The number of amides is 1. The number of nitrogens with one attached hydrogen (secondary N) is 2. The Kier molecular flexibility index (Phi) is 4.28. The van der Waals surface area contributed by atoms with Crippen molar-refractivity contribution in [3.63, 3.8) is 0 Å². The van der Waals surface area contributed by atoms with Crippen molar-refractivity contribution in [3.8, 4) is 0 Å². The molecule has 1 aliphatic heterocycles. The van der Waals surface area contributed by atoms with Gasteiger partial charge in [-0.3, -0.25) is 0 Å². The van der Waals surface area contributed by atoms with Gasteiger partial charge >= 0.3 is 6.09 Å². The van der Waals surface area contributed by atoms with Crippen molar-refractivity contribution in [2.24, 2.45) is 0 Å². The smallest absolute Gasteiger partial charge is 0.408 e. The molecule has 110 valence electrons. The van der Waals surface area contributed by atoms with Crippen molar-refractivity contribution in [1.29, 1.82) is 0 Å². The van der Waals surface area contributed by atoms with Gasteiger partial charge in [0.2, 0.25) is 0 Å². The summed E-state index contributed by atoms with van der Waals surface area (Å²) >= 11 is 3.48. The van der Waals surface area contributed by atoms with Gasteiger partial charge in [0.15, 0.2) is 0 Å². The van der Waals surface area contributed by atoms with Crippen LogP contribution in [0.25, 0.3) is 0 Å². The highest BCUT2D eigenvalue weighted by Gasteiger charge is 2.27. The van der Waals surface area contributed by atoms with E-state index in [1.54, 1.807) is 0 Å². The lowest BCUT2D eigenvalue weighted by Gasteiger charge is -2.32. The molecule has 0 aromatic heterocycles. The number of halogens is 1. The Balaban J connectivity index is 2.17. The molecule has 0 radical (unpaired) electrons. The second-order valence-corrected chi connectivity index (χ2v) is 7.13. The third-order valence-corrected chi connectivity index (χ3v) is 3.56. The highest BCUT2D eigenvalue weighted by molar-refractivity contribution is 9.10. The normalized spacial score (nSPS) is 21.6. The number of fused-ring (bicyclic) bond motifs is 1. The molecule has 1 aliphatic rings. The zero-order valence-electron chi connectivity index (χ0n) is 12.3. The van der Waals surface area contributed by atoms with Crippen LogP contribution in [-0.4, -0.2) is 17.7 Å². The van der Waals surface area contributed by atoms with Gasteiger partial charge in [-0.25, -0.2) is 4.79 Å². The number of carbonyl (C=O) groups is 1. The number of benzene rings is 1. The largest absolute Gasteiger partial charge is 0.444 e. The molecular formula is C15H21BrN2O2. The van der Waals surface area contributed by atoms with Gasteiger partial charge < -0.3 is 15.4 Å². The minimum atomic E-state index is -0.483. The zero-order chi connectivity index (χ0) is 14.9. The second kappa shape index (κ2) is 5.64. The number of carbonyl (C=O) groups excluding carboxylic acids is 1. The molecule has 0 aliphatic carbocycles. The van der Waals surface area contributed by atoms with E-state index in [1.165, 1.54) is 0 Å². The van der Waals surface area contributed by atoms with E-state index in [0.717, 1.165) is 22.1 Å². The molecule has 2 atom stereocenters. The summed E-state index contributed by atoms with van der Waals surface area (Å²) in [4.78, 5) is 12.0. The third-order valence-electron chi connectivity index (χ3n) is 3.07. The molecule has 0 unspecified atom stereocenters. The van der Waals surface area contributed by atoms with Crippen LogP contribution in [0.2, 0.25) is 0 Å². The monoisotopic (exact) mass is 340 g/mol. The molecule has 0 spiro atoms. The van der Waals surface area contributed by atoms with Crippen LogP contribution in [-0.2, 0) is 4.74 Å². The van der Waals surface area contributed by atoms with Crippen molar-refractivity contribution in [2.45, 2.75) is 51.8 Å². The fourth-order valence-electron chi connectivity index (χ4n) is 2.34. The average Bonchev–Trinajstić information content (AvgIpc) is 2.27. The van der Waals surface area contributed by atoms with E-state index >= 15 is 0 Å². The summed E-state index contributed by atoms with van der Waals surface area (Å²) in [5.41, 5.74) is 1.67. The van der Waals surface area contributed by atoms with Crippen LogP contribution in [0, 0.1) is 0 Å². The van der Waals surface area contributed by atoms with Gasteiger partial charge in [-0.2, -0.15) is 0 Å². The fourth-order valence-corrected chi connectivity index (χ4v) is 2.72. The lowest BCUT2D eigenvalue weighted by atomic mass is 9.94. The molecule has 5 heteroatoms. The highest BCUT2D eigenvalue weighted by atomic mass is 79.9. The standard InChI is InChI=1S/C15H21BrN2O2/c1-9-7-13(18-14(19)20-15(2,3)4)11-8-10(16)5-6-12(11)17-9/h5-6,8-9,13,17H,7H2,1-4H3,(H,18,19)/t9-,13+/m0/s1. The summed E-state index contributed by atoms with van der Waals surface area (Å²) < 4.78 is 6.34. The maximum atomic E-state index is 12.0. The topological polar surface area (TPSA) is 50.4 Å². The molecule has 0 fully saturated rings. The third kappa shape index (κ3) is 3.88. The summed E-state index contributed by atoms with van der Waals surface area (Å²) in [6.45, 7) is 7.70. The van der Waals surface area contributed by atoms with Crippen molar-refractivity contribution < 1.29 is 9.53 Å². The summed E-state index contributed by atoms with van der Waals surface area (Å²) in [5, 5.41) is 6.39. The molecule has 4 nitrogen and oxygen atoms in total. The van der Waals surface area contributed by atoms with Crippen molar-refractivity contribution in [2.75, 3.05) is 5.32 Å². The first-order chi connectivity index (χ1) is 9.24. The molecule has 1 aromatic rings. The Morgan fingerprint density at radius 3 is 2.80 bits per heavy atom. The van der Waals surface area contributed by atoms with E-state index in [0.29, 0.717) is 6.04 Å². The van der Waals surface area contributed by atoms with Gasteiger partial charge in [0.05, 0.1) is 6.04 Å². The summed E-state index contributed by atoms with van der Waals surface area (Å²) in [7, 11) is 0. The highest BCUT2D eigenvalue weighted by Crippen LogP contribution is 2.34. The number of hydrogen-bond acceptors (Lipinski definition) is 3. The number of hydrogen-bond donors (Lipinski definition) is 2. The molecule has 0 saturated carbocycles. The lowest BCUT2D eigenvalue weighted by molar-refractivity contribution is 0.0499. The molecule has 1 amide bonds. The van der Waals surface area contributed by atoms with Crippen LogP contribution in [0.3, 0.4) is 0 Å². The number of alkyl carbamates (subject to hydrolysis) is 1. The van der Waals surface area contributed by atoms with E-state index in [2.05, 4.69) is 33.5 Å². The Morgan fingerprint density at radius 1 is 1.45 bits per heavy atom. The van der Waals surface area contributed by atoms with Gasteiger partial charge in [0.25, 0.3) is 0 Å². The molecule has 2 N–H and O–H groups in total. The summed E-state index contributed by atoms with van der Waals surface area (Å²) in [5.74, 6) is 0. The fraction of sp³-hybridized carbons (Fsp3) is 0.533. The maximum absolute atomic E-state index is 12.0. The Labute approximate surface area is 128 Å². The van der Waals surface area contributed by atoms with Crippen LogP contribution >= 0.6 is 15.9 Å². The average molecular weight is 341 g/mol.